The molecule has 2 aromatic carbocycles. The first-order chi connectivity index (χ1) is 9.92. The zero-order chi connectivity index (χ0) is 13.4. The van der Waals surface area contributed by atoms with Crippen LogP contribution in [0.3, 0.4) is 0 Å². The summed E-state index contributed by atoms with van der Waals surface area (Å²) in [6.45, 7) is 2.34. The van der Waals surface area contributed by atoms with Crippen LogP contribution in [0.1, 0.15) is 30.7 Å². The molecule has 0 amide bonds. The van der Waals surface area contributed by atoms with Gasteiger partial charge >= 0.3 is 0 Å². The van der Waals surface area contributed by atoms with Crippen LogP contribution in [0.2, 0.25) is 0 Å². The molecule has 1 aliphatic carbocycles. The van der Waals surface area contributed by atoms with E-state index in [2.05, 4.69) is 53.1 Å². The van der Waals surface area contributed by atoms with Gasteiger partial charge in [-0.05, 0) is 48.7 Å². The third-order valence-corrected chi connectivity index (χ3v) is 4.80. The summed E-state index contributed by atoms with van der Waals surface area (Å²) in [5.74, 6) is 0.719. The van der Waals surface area contributed by atoms with Crippen LogP contribution in [-0.4, -0.2) is 25.2 Å². The summed E-state index contributed by atoms with van der Waals surface area (Å²) in [6, 6.07) is 16.9. The molecule has 4 rings (SSSR count). The fourth-order valence-electron chi connectivity index (χ4n) is 3.59. The first-order valence-electron chi connectivity index (χ1n) is 7.86. The molecule has 1 saturated carbocycles. The van der Waals surface area contributed by atoms with Crippen molar-refractivity contribution in [2.24, 2.45) is 0 Å². The van der Waals surface area contributed by atoms with Gasteiger partial charge in [0.1, 0.15) is 0 Å². The van der Waals surface area contributed by atoms with Crippen molar-refractivity contribution in [1.29, 1.82) is 0 Å². The average molecular weight is 266 g/mol. The minimum Gasteiger partial charge on any atom is -0.317 e. The fraction of sp³-hybridized carbons (Fsp3) is 0.444. The minimum absolute atomic E-state index is 0.698. The van der Waals surface area contributed by atoms with Crippen LogP contribution in [0.5, 0.6) is 0 Å². The molecule has 2 aliphatic rings. The van der Waals surface area contributed by atoms with Crippen LogP contribution in [0.4, 0.5) is 0 Å². The van der Waals surface area contributed by atoms with Crippen molar-refractivity contribution in [3.05, 3.63) is 48.0 Å². The standard InChI is InChI=1S/C18H22N2/c1-2-6-15-13(4-1)5-3-7-16(15)17-12-18(17)20-14-8-10-19-11-9-14/h1-7,14,17-20H,8-12H2/t17-,18+/m0/s1. The molecule has 0 bridgehead atoms. The second-order valence-electron chi connectivity index (χ2n) is 6.21. The number of hydrogen-bond donors (Lipinski definition) is 2. The predicted octanol–water partition coefficient (Wildman–Crippen LogP) is 3.04. The number of fused-ring (bicyclic) bond motifs is 1. The molecular weight excluding hydrogens is 244 g/mol. The van der Waals surface area contributed by atoms with Crippen LogP contribution in [-0.2, 0) is 0 Å². The van der Waals surface area contributed by atoms with Gasteiger partial charge in [-0.25, -0.2) is 0 Å². The monoisotopic (exact) mass is 266 g/mol. The molecule has 0 spiro atoms. The van der Waals surface area contributed by atoms with Crippen LogP contribution in [0.15, 0.2) is 42.5 Å². The van der Waals surface area contributed by atoms with Crippen molar-refractivity contribution in [3.63, 3.8) is 0 Å². The van der Waals surface area contributed by atoms with E-state index in [4.69, 9.17) is 0 Å². The number of benzene rings is 2. The van der Waals surface area contributed by atoms with Crippen molar-refractivity contribution in [1.82, 2.24) is 10.6 Å². The van der Waals surface area contributed by atoms with E-state index < -0.39 is 0 Å². The van der Waals surface area contributed by atoms with E-state index in [1.807, 2.05) is 0 Å². The summed E-state index contributed by atoms with van der Waals surface area (Å²) in [6.07, 6.45) is 3.86. The largest absolute Gasteiger partial charge is 0.317 e. The third kappa shape index (κ3) is 2.34. The molecule has 2 nitrogen and oxygen atoms in total. The molecule has 0 aromatic heterocycles. The zero-order valence-electron chi connectivity index (χ0n) is 11.8. The molecule has 2 fully saturated rings. The average Bonchev–Trinajstić information content (AvgIpc) is 3.27. The van der Waals surface area contributed by atoms with Crippen LogP contribution >= 0.6 is 0 Å². The van der Waals surface area contributed by atoms with Crippen molar-refractivity contribution >= 4 is 10.8 Å². The maximum atomic E-state index is 3.87. The molecule has 0 unspecified atom stereocenters. The highest BCUT2D eigenvalue weighted by atomic mass is 15.0. The Bertz CT molecular complexity index is 596. The molecule has 1 aliphatic heterocycles. The fourth-order valence-corrected chi connectivity index (χ4v) is 3.59. The van der Waals surface area contributed by atoms with Gasteiger partial charge in [0.2, 0.25) is 0 Å². The summed E-state index contributed by atoms with van der Waals surface area (Å²) >= 11 is 0. The number of rotatable bonds is 3. The Balaban J connectivity index is 1.51. The first-order valence-corrected chi connectivity index (χ1v) is 7.86. The second kappa shape index (κ2) is 5.19. The predicted molar refractivity (Wildman–Crippen MR) is 84.1 cm³/mol. The maximum absolute atomic E-state index is 3.87. The molecule has 1 saturated heterocycles. The van der Waals surface area contributed by atoms with Gasteiger partial charge in [0.15, 0.2) is 0 Å². The van der Waals surface area contributed by atoms with E-state index in [0.717, 1.165) is 12.0 Å². The Morgan fingerprint density at radius 1 is 0.950 bits per heavy atom. The van der Waals surface area contributed by atoms with Gasteiger partial charge in [0.05, 0.1) is 0 Å². The van der Waals surface area contributed by atoms with E-state index in [-0.39, 0.29) is 0 Å². The van der Waals surface area contributed by atoms with E-state index in [0.29, 0.717) is 6.04 Å². The molecule has 0 radical (unpaired) electrons. The van der Waals surface area contributed by atoms with E-state index in [1.54, 1.807) is 0 Å². The Kier molecular flexibility index (Phi) is 3.21. The molecule has 2 N–H and O–H groups in total. The number of hydrogen-bond acceptors (Lipinski definition) is 2. The highest BCUT2D eigenvalue weighted by molar-refractivity contribution is 5.86. The van der Waals surface area contributed by atoms with Crippen molar-refractivity contribution in [2.75, 3.05) is 13.1 Å². The molecule has 2 aromatic rings. The third-order valence-electron chi connectivity index (χ3n) is 4.80. The number of nitrogens with one attached hydrogen (secondary N) is 2. The van der Waals surface area contributed by atoms with Crippen molar-refractivity contribution < 1.29 is 0 Å². The summed E-state index contributed by atoms with van der Waals surface area (Å²) < 4.78 is 0. The van der Waals surface area contributed by atoms with E-state index in [9.17, 15) is 0 Å². The summed E-state index contributed by atoms with van der Waals surface area (Å²) in [4.78, 5) is 0. The highest BCUT2D eigenvalue weighted by Crippen LogP contribution is 2.44. The van der Waals surface area contributed by atoms with Gasteiger partial charge in [-0.3, -0.25) is 0 Å². The minimum atomic E-state index is 0.698. The molecule has 20 heavy (non-hydrogen) atoms. The first kappa shape index (κ1) is 12.4. The van der Waals surface area contributed by atoms with Crippen LogP contribution in [0.25, 0.3) is 10.8 Å². The molecule has 2 heteroatoms. The van der Waals surface area contributed by atoms with Gasteiger partial charge in [-0.2, -0.15) is 0 Å². The summed E-state index contributed by atoms with van der Waals surface area (Å²) in [5.41, 5.74) is 1.54. The Morgan fingerprint density at radius 3 is 2.65 bits per heavy atom. The molecular formula is C18H22N2. The molecule has 2 atom stereocenters. The normalized spacial score (nSPS) is 26.8. The Labute approximate surface area is 120 Å². The van der Waals surface area contributed by atoms with Crippen molar-refractivity contribution in [3.8, 4) is 0 Å². The quantitative estimate of drug-likeness (QED) is 0.892. The topological polar surface area (TPSA) is 24.1 Å². The SMILES string of the molecule is c1ccc2c([C@@H]3C[C@H]3NC3CCNCC3)cccc2c1. The lowest BCUT2D eigenvalue weighted by molar-refractivity contribution is 0.383. The Morgan fingerprint density at radius 2 is 1.75 bits per heavy atom. The lowest BCUT2D eigenvalue weighted by atomic mass is 10.0. The van der Waals surface area contributed by atoms with Crippen LogP contribution < -0.4 is 10.6 Å². The summed E-state index contributed by atoms with van der Waals surface area (Å²) in [7, 11) is 0. The van der Waals surface area contributed by atoms with Gasteiger partial charge in [-0.15, -0.1) is 0 Å². The maximum Gasteiger partial charge on any atom is 0.0146 e. The highest BCUT2D eigenvalue weighted by Gasteiger charge is 2.40. The zero-order valence-corrected chi connectivity index (χ0v) is 11.8. The Hall–Kier alpha value is -1.38. The van der Waals surface area contributed by atoms with Gasteiger partial charge < -0.3 is 10.6 Å². The van der Waals surface area contributed by atoms with Crippen molar-refractivity contribution in [2.45, 2.75) is 37.3 Å². The van der Waals surface area contributed by atoms with E-state index >= 15 is 0 Å². The molecule has 104 valence electrons. The van der Waals surface area contributed by atoms with Gasteiger partial charge in [0, 0.05) is 18.0 Å². The van der Waals surface area contributed by atoms with Gasteiger partial charge in [0.25, 0.3) is 0 Å². The van der Waals surface area contributed by atoms with E-state index in [1.165, 1.54) is 48.7 Å². The number of piperidine rings is 1. The smallest absolute Gasteiger partial charge is 0.0146 e. The lowest BCUT2D eigenvalue weighted by Crippen LogP contribution is -2.41. The molecule has 1 heterocycles. The van der Waals surface area contributed by atoms with Gasteiger partial charge in [-0.1, -0.05) is 42.5 Å². The van der Waals surface area contributed by atoms with Crippen LogP contribution in [0, 0.1) is 0 Å². The second-order valence-corrected chi connectivity index (χ2v) is 6.21. The lowest BCUT2D eigenvalue weighted by Gasteiger charge is -2.24. The summed E-state index contributed by atoms with van der Waals surface area (Å²) in [5, 5.41) is 10.1.